The minimum Gasteiger partial charge on any atom is -0.469 e. The van der Waals surface area contributed by atoms with Crippen molar-refractivity contribution in [2.75, 3.05) is 20.7 Å². The van der Waals surface area contributed by atoms with Crippen LogP contribution in [-0.2, 0) is 9.53 Å². The number of hydrogen-bond donors (Lipinski definition) is 2. The van der Waals surface area contributed by atoms with Gasteiger partial charge >= 0.3 is 5.97 Å². The molecule has 6 heteroatoms. The molecule has 1 saturated carbocycles. The Kier molecular flexibility index (Phi) is 13.4. The number of nitrogens with zero attached hydrogens (tertiary/aromatic N) is 1. The van der Waals surface area contributed by atoms with E-state index < -0.39 is 0 Å². The van der Waals surface area contributed by atoms with Crippen LogP contribution in [-0.4, -0.2) is 38.7 Å². The Bertz CT molecular complexity index is 367. The van der Waals surface area contributed by atoms with E-state index in [2.05, 4.69) is 34.2 Å². The van der Waals surface area contributed by atoms with Crippen LogP contribution in [0.1, 0.15) is 65.2 Å². The number of nitrogens with one attached hydrogen (secondary N) is 2. The zero-order valence-electron chi connectivity index (χ0n) is 15.8. The van der Waals surface area contributed by atoms with Crippen LogP contribution in [0.15, 0.2) is 4.99 Å². The molecule has 0 unspecified atom stereocenters. The number of methoxy groups -OCH3 is 1. The largest absolute Gasteiger partial charge is 0.469 e. The molecule has 0 saturated heterocycles. The Hall–Kier alpha value is -0.530. The summed E-state index contributed by atoms with van der Waals surface area (Å²) in [7, 11) is 3.26. The van der Waals surface area contributed by atoms with Gasteiger partial charge in [-0.2, -0.15) is 0 Å². The number of carbonyl (C=O) groups excluding carboxylic acids is 1. The van der Waals surface area contributed by atoms with Crippen LogP contribution in [0.2, 0.25) is 0 Å². The van der Waals surface area contributed by atoms with E-state index in [-0.39, 0.29) is 29.9 Å². The SMILES string of the molecule is CN=C(NCCCCCC(=O)OC)NC1CCC(C(C)C)CC1.I. The van der Waals surface area contributed by atoms with Crippen LogP contribution < -0.4 is 10.6 Å². The average Bonchev–Trinajstić information content (AvgIpc) is 2.56. The number of halogens is 1. The molecule has 24 heavy (non-hydrogen) atoms. The van der Waals surface area contributed by atoms with Crippen molar-refractivity contribution in [3.05, 3.63) is 0 Å². The summed E-state index contributed by atoms with van der Waals surface area (Å²) in [5.41, 5.74) is 0. The molecule has 0 aliphatic heterocycles. The highest BCUT2D eigenvalue weighted by atomic mass is 127. The monoisotopic (exact) mass is 453 g/mol. The van der Waals surface area contributed by atoms with Crippen molar-refractivity contribution in [1.82, 2.24) is 10.6 Å². The molecule has 1 fully saturated rings. The molecule has 0 heterocycles. The van der Waals surface area contributed by atoms with Gasteiger partial charge in [-0.3, -0.25) is 9.79 Å². The van der Waals surface area contributed by atoms with Gasteiger partial charge in [0, 0.05) is 26.1 Å². The molecule has 0 aromatic carbocycles. The Morgan fingerprint density at radius 3 is 2.38 bits per heavy atom. The number of unbranched alkanes of at least 4 members (excludes halogenated alkanes) is 2. The quantitative estimate of drug-likeness (QED) is 0.193. The maximum atomic E-state index is 11.0. The van der Waals surface area contributed by atoms with Gasteiger partial charge in [0.25, 0.3) is 0 Å². The second kappa shape index (κ2) is 13.7. The topological polar surface area (TPSA) is 62.7 Å². The first-order valence-electron chi connectivity index (χ1n) is 9.10. The van der Waals surface area contributed by atoms with Crippen LogP contribution in [0.25, 0.3) is 0 Å². The summed E-state index contributed by atoms with van der Waals surface area (Å²) in [6.07, 6.45) is 8.59. The normalized spacial score (nSPS) is 21.1. The van der Waals surface area contributed by atoms with Gasteiger partial charge in [-0.1, -0.05) is 20.3 Å². The molecule has 0 spiro atoms. The maximum absolute atomic E-state index is 11.0. The molecular weight excluding hydrogens is 417 g/mol. The van der Waals surface area contributed by atoms with E-state index in [1.165, 1.54) is 32.8 Å². The number of esters is 1. The van der Waals surface area contributed by atoms with Crippen molar-refractivity contribution in [3.8, 4) is 0 Å². The van der Waals surface area contributed by atoms with E-state index in [1.54, 1.807) is 0 Å². The van der Waals surface area contributed by atoms with E-state index in [4.69, 9.17) is 0 Å². The van der Waals surface area contributed by atoms with Crippen LogP contribution >= 0.6 is 24.0 Å². The second-order valence-corrected chi connectivity index (χ2v) is 6.89. The lowest BCUT2D eigenvalue weighted by Gasteiger charge is -2.32. The molecule has 0 amide bonds. The van der Waals surface area contributed by atoms with E-state index >= 15 is 0 Å². The lowest BCUT2D eigenvalue weighted by Crippen LogP contribution is -2.45. The summed E-state index contributed by atoms with van der Waals surface area (Å²) in [5.74, 6) is 2.48. The van der Waals surface area contributed by atoms with Gasteiger partial charge in [-0.05, 0) is 50.4 Å². The molecule has 142 valence electrons. The number of guanidine groups is 1. The number of ether oxygens (including phenoxy) is 1. The molecule has 0 aromatic rings. The Balaban J connectivity index is 0.00000529. The fraction of sp³-hybridized carbons (Fsp3) is 0.889. The average molecular weight is 453 g/mol. The molecule has 5 nitrogen and oxygen atoms in total. The third kappa shape index (κ3) is 9.69. The summed E-state index contributed by atoms with van der Waals surface area (Å²) >= 11 is 0. The highest BCUT2D eigenvalue weighted by Gasteiger charge is 2.23. The maximum Gasteiger partial charge on any atom is 0.305 e. The van der Waals surface area contributed by atoms with Gasteiger partial charge in [0.1, 0.15) is 0 Å². The van der Waals surface area contributed by atoms with Gasteiger partial charge in [0.2, 0.25) is 0 Å². The molecule has 0 bridgehead atoms. The van der Waals surface area contributed by atoms with E-state index in [0.717, 1.165) is 43.6 Å². The molecule has 1 aliphatic rings. The van der Waals surface area contributed by atoms with Gasteiger partial charge in [-0.15, -0.1) is 24.0 Å². The number of aliphatic imine (C=N–C) groups is 1. The van der Waals surface area contributed by atoms with Crippen molar-refractivity contribution in [1.29, 1.82) is 0 Å². The molecule has 0 aromatic heterocycles. The molecular formula is C18H36IN3O2. The van der Waals surface area contributed by atoms with Crippen molar-refractivity contribution in [3.63, 3.8) is 0 Å². The van der Waals surface area contributed by atoms with Gasteiger partial charge in [0.05, 0.1) is 7.11 Å². The molecule has 0 radical (unpaired) electrons. The summed E-state index contributed by atoms with van der Waals surface area (Å²) in [5, 5.41) is 6.92. The summed E-state index contributed by atoms with van der Waals surface area (Å²) < 4.78 is 4.64. The predicted octanol–water partition coefficient (Wildman–Crippen LogP) is 3.72. The van der Waals surface area contributed by atoms with Crippen molar-refractivity contribution >= 4 is 35.9 Å². The molecule has 1 rings (SSSR count). The van der Waals surface area contributed by atoms with Crippen LogP contribution in [0, 0.1) is 11.8 Å². The van der Waals surface area contributed by atoms with Crippen LogP contribution in [0.4, 0.5) is 0 Å². The zero-order valence-corrected chi connectivity index (χ0v) is 18.1. The minimum absolute atomic E-state index is 0. The smallest absolute Gasteiger partial charge is 0.305 e. The Morgan fingerprint density at radius 2 is 1.83 bits per heavy atom. The molecule has 2 N–H and O–H groups in total. The van der Waals surface area contributed by atoms with E-state index in [0.29, 0.717) is 12.5 Å². The van der Waals surface area contributed by atoms with Gasteiger partial charge in [-0.25, -0.2) is 0 Å². The first-order valence-corrected chi connectivity index (χ1v) is 9.10. The lowest BCUT2D eigenvalue weighted by atomic mass is 9.80. The highest BCUT2D eigenvalue weighted by molar-refractivity contribution is 14.0. The van der Waals surface area contributed by atoms with Crippen molar-refractivity contribution in [2.45, 2.75) is 71.3 Å². The number of hydrogen-bond acceptors (Lipinski definition) is 3. The number of carbonyl (C=O) groups is 1. The third-order valence-corrected chi connectivity index (χ3v) is 4.86. The zero-order chi connectivity index (χ0) is 17.1. The summed E-state index contributed by atoms with van der Waals surface area (Å²) in [6.45, 7) is 5.56. The fourth-order valence-corrected chi connectivity index (χ4v) is 3.20. The van der Waals surface area contributed by atoms with Gasteiger partial charge < -0.3 is 15.4 Å². The highest BCUT2D eigenvalue weighted by Crippen LogP contribution is 2.29. The van der Waals surface area contributed by atoms with Crippen LogP contribution in [0.3, 0.4) is 0 Å². The first kappa shape index (κ1) is 23.5. The predicted molar refractivity (Wildman–Crippen MR) is 111 cm³/mol. The number of rotatable bonds is 8. The van der Waals surface area contributed by atoms with Crippen LogP contribution in [0.5, 0.6) is 0 Å². The fourth-order valence-electron chi connectivity index (χ4n) is 3.20. The summed E-state index contributed by atoms with van der Waals surface area (Å²) in [4.78, 5) is 15.3. The second-order valence-electron chi connectivity index (χ2n) is 6.89. The molecule has 1 aliphatic carbocycles. The summed E-state index contributed by atoms with van der Waals surface area (Å²) in [6, 6.07) is 0.551. The standard InChI is InChI=1S/C18H35N3O2.HI/c1-14(2)15-9-11-16(12-10-15)21-18(19-3)20-13-7-5-6-8-17(22)23-4;/h14-16H,5-13H2,1-4H3,(H2,19,20,21);1H. The minimum atomic E-state index is -0.118. The van der Waals surface area contributed by atoms with E-state index in [9.17, 15) is 4.79 Å². The van der Waals surface area contributed by atoms with Gasteiger partial charge in [0.15, 0.2) is 5.96 Å². The Morgan fingerprint density at radius 1 is 1.17 bits per heavy atom. The molecule has 0 atom stereocenters. The third-order valence-electron chi connectivity index (χ3n) is 4.86. The van der Waals surface area contributed by atoms with Crippen molar-refractivity contribution in [2.24, 2.45) is 16.8 Å². The van der Waals surface area contributed by atoms with Crippen molar-refractivity contribution < 1.29 is 9.53 Å². The Labute approximate surface area is 164 Å². The lowest BCUT2D eigenvalue weighted by molar-refractivity contribution is -0.140. The van der Waals surface area contributed by atoms with E-state index in [1.807, 2.05) is 7.05 Å². The first-order chi connectivity index (χ1) is 11.1.